The van der Waals surface area contributed by atoms with Crippen LogP contribution in [0.3, 0.4) is 0 Å². The largest absolute Gasteiger partial charge is 0.484 e. The molecular weight excluding hydrogens is 478 g/mol. The summed E-state index contributed by atoms with van der Waals surface area (Å²) in [5, 5.41) is 4.14. The topological polar surface area (TPSA) is 72.7 Å². The van der Waals surface area contributed by atoms with Gasteiger partial charge in [0.25, 0.3) is 5.91 Å². The Hall–Kier alpha value is -2.42. The molecule has 0 fully saturated rings. The normalized spacial score (nSPS) is 11.0. The van der Waals surface area contributed by atoms with Crippen LogP contribution >= 0.6 is 38.9 Å². The van der Waals surface area contributed by atoms with Crippen molar-refractivity contribution < 1.29 is 9.53 Å². The number of rotatable bonds is 7. The molecule has 3 rings (SSSR count). The fraction of sp³-hybridized carbons (Fsp3) is 0.150. The van der Waals surface area contributed by atoms with Crippen molar-refractivity contribution in [3.63, 3.8) is 0 Å². The minimum atomic E-state index is -0.417. The van der Waals surface area contributed by atoms with E-state index in [4.69, 9.17) is 16.3 Å². The highest BCUT2D eigenvalue weighted by atomic mass is 79.9. The molecule has 1 aromatic heterocycles. The molecular formula is C20H17BrClN3O3S. The van der Waals surface area contributed by atoms with Crippen molar-refractivity contribution >= 4 is 51.0 Å². The first-order valence-electron chi connectivity index (χ1n) is 8.57. The van der Waals surface area contributed by atoms with E-state index < -0.39 is 5.91 Å². The van der Waals surface area contributed by atoms with E-state index in [-0.39, 0.29) is 16.6 Å². The van der Waals surface area contributed by atoms with Crippen LogP contribution in [0.15, 0.2) is 62.9 Å². The Morgan fingerprint density at radius 3 is 2.62 bits per heavy atom. The van der Waals surface area contributed by atoms with Crippen LogP contribution < -0.4 is 15.0 Å². The van der Waals surface area contributed by atoms with Crippen LogP contribution in [0.4, 0.5) is 0 Å². The molecule has 6 nitrogen and oxygen atoms in total. The zero-order valence-electron chi connectivity index (χ0n) is 15.4. The van der Waals surface area contributed by atoms with Gasteiger partial charge in [-0.3, -0.25) is 14.2 Å². The van der Waals surface area contributed by atoms with Crippen molar-refractivity contribution in [3.05, 3.63) is 83.8 Å². The molecule has 0 aliphatic rings. The fourth-order valence-corrected chi connectivity index (χ4v) is 3.74. The quantitative estimate of drug-likeness (QED) is 0.395. The molecule has 0 bridgehead atoms. The van der Waals surface area contributed by atoms with Gasteiger partial charge in [-0.25, -0.2) is 5.43 Å². The Morgan fingerprint density at radius 1 is 1.24 bits per heavy atom. The standard InChI is InChI=1S/C20H17BrClN3O3S/c1-13-2-8-16(9-3-13)28-12-18(26)24-23-10-17-19(22)25(20(27)29-17)11-14-4-6-15(21)7-5-14/h2-10H,11-12H2,1H3,(H,24,26)/b23-10-. The molecule has 1 heterocycles. The molecule has 0 atom stereocenters. The van der Waals surface area contributed by atoms with Gasteiger partial charge in [0.1, 0.15) is 10.9 Å². The molecule has 9 heteroatoms. The summed E-state index contributed by atoms with van der Waals surface area (Å²) in [4.78, 5) is 24.3. The molecule has 0 saturated heterocycles. The average Bonchev–Trinajstić information content (AvgIpc) is 2.97. The van der Waals surface area contributed by atoms with Crippen LogP contribution in [-0.4, -0.2) is 23.3 Å². The van der Waals surface area contributed by atoms with Gasteiger partial charge < -0.3 is 4.74 Å². The maximum absolute atomic E-state index is 12.2. The second kappa shape index (κ2) is 9.87. The first-order chi connectivity index (χ1) is 13.9. The number of ether oxygens (including phenoxy) is 1. The molecule has 150 valence electrons. The number of benzene rings is 2. The van der Waals surface area contributed by atoms with Gasteiger partial charge in [0.2, 0.25) is 0 Å². The molecule has 0 spiro atoms. The van der Waals surface area contributed by atoms with Crippen LogP contribution in [-0.2, 0) is 11.3 Å². The molecule has 2 aromatic carbocycles. The summed E-state index contributed by atoms with van der Waals surface area (Å²) in [6, 6.07) is 15.0. The van der Waals surface area contributed by atoms with E-state index >= 15 is 0 Å². The number of nitrogens with zero attached hydrogens (tertiary/aromatic N) is 2. The lowest BCUT2D eigenvalue weighted by Gasteiger charge is -2.05. The number of hydrogen-bond donors (Lipinski definition) is 1. The van der Waals surface area contributed by atoms with E-state index in [9.17, 15) is 9.59 Å². The molecule has 0 saturated carbocycles. The highest BCUT2D eigenvalue weighted by Gasteiger charge is 2.12. The summed E-state index contributed by atoms with van der Waals surface area (Å²) in [5.74, 6) is 0.181. The highest BCUT2D eigenvalue weighted by molar-refractivity contribution is 9.10. The summed E-state index contributed by atoms with van der Waals surface area (Å²) in [6.07, 6.45) is 1.36. The second-order valence-electron chi connectivity index (χ2n) is 6.13. The lowest BCUT2D eigenvalue weighted by atomic mass is 10.2. The van der Waals surface area contributed by atoms with Crippen molar-refractivity contribution in [1.82, 2.24) is 9.99 Å². The SMILES string of the molecule is Cc1ccc(OCC(=O)N/N=C\c2sc(=O)n(Cc3ccc(Br)cc3)c2Cl)cc1. The van der Waals surface area contributed by atoms with Gasteiger partial charge in [0, 0.05) is 4.47 Å². The molecule has 29 heavy (non-hydrogen) atoms. The molecule has 1 N–H and O–H groups in total. The van der Waals surface area contributed by atoms with Crippen molar-refractivity contribution in [2.75, 3.05) is 6.61 Å². The number of amides is 1. The summed E-state index contributed by atoms with van der Waals surface area (Å²) >= 11 is 10.7. The van der Waals surface area contributed by atoms with Crippen molar-refractivity contribution in [2.24, 2.45) is 5.10 Å². The average molecular weight is 495 g/mol. The van der Waals surface area contributed by atoms with Crippen LogP contribution in [0.1, 0.15) is 16.0 Å². The summed E-state index contributed by atoms with van der Waals surface area (Å²) in [6.45, 7) is 2.15. The van der Waals surface area contributed by atoms with Crippen LogP contribution in [0.5, 0.6) is 5.75 Å². The highest BCUT2D eigenvalue weighted by Crippen LogP contribution is 2.19. The predicted octanol–water partition coefficient (Wildman–Crippen LogP) is 4.21. The van der Waals surface area contributed by atoms with Gasteiger partial charge in [-0.1, -0.05) is 68.7 Å². The summed E-state index contributed by atoms with van der Waals surface area (Å²) < 4.78 is 7.80. The number of nitrogens with one attached hydrogen (secondary N) is 1. The Morgan fingerprint density at radius 2 is 1.93 bits per heavy atom. The number of aromatic nitrogens is 1. The third kappa shape index (κ3) is 6.03. The van der Waals surface area contributed by atoms with Crippen LogP contribution in [0.2, 0.25) is 5.15 Å². The zero-order valence-corrected chi connectivity index (χ0v) is 18.6. The third-order valence-corrected chi connectivity index (χ3v) is 5.84. The van der Waals surface area contributed by atoms with E-state index in [0.29, 0.717) is 17.2 Å². The molecule has 3 aromatic rings. The number of aryl methyl sites for hydroxylation is 1. The monoisotopic (exact) mass is 493 g/mol. The van der Waals surface area contributed by atoms with E-state index in [1.54, 1.807) is 12.1 Å². The van der Waals surface area contributed by atoms with Gasteiger partial charge in [-0.2, -0.15) is 5.10 Å². The fourth-order valence-electron chi connectivity index (χ4n) is 2.37. The summed E-state index contributed by atoms with van der Waals surface area (Å²) in [5.41, 5.74) is 4.41. The molecule has 1 amide bonds. The first kappa shape index (κ1) is 21.3. The third-order valence-electron chi connectivity index (χ3n) is 3.87. The zero-order chi connectivity index (χ0) is 20.8. The van der Waals surface area contributed by atoms with E-state index in [1.807, 2.05) is 43.3 Å². The Labute approximate surface area is 184 Å². The van der Waals surface area contributed by atoms with Crippen molar-refractivity contribution in [3.8, 4) is 5.75 Å². The Kier molecular flexibility index (Phi) is 7.24. The van der Waals surface area contributed by atoms with Gasteiger partial charge in [0.15, 0.2) is 6.61 Å². The van der Waals surface area contributed by atoms with Gasteiger partial charge in [-0.15, -0.1) is 0 Å². The van der Waals surface area contributed by atoms with Crippen molar-refractivity contribution in [2.45, 2.75) is 13.5 Å². The van der Waals surface area contributed by atoms with E-state index in [0.717, 1.165) is 26.9 Å². The predicted molar refractivity (Wildman–Crippen MR) is 119 cm³/mol. The Balaban J connectivity index is 1.57. The van der Waals surface area contributed by atoms with Crippen LogP contribution in [0.25, 0.3) is 0 Å². The maximum Gasteiger partial charge on any atom is 0.309 e. The lowest BCUT2D eigenvalue weighted by Crippen LogP contribution is -2.24. The molecule has 0 unspecified atom stereocenters. The Bertz CT molecular complexity index is 1080. The van der Waals surface area contributed by atoms with Gasteiger partial charge >= 0.3 is 4.87 Å². The number of halogens is 2. The van der Waals surface area contributed by atoms with E-state index in [1.165, 1.54) is 10.8 Å². The van der Waals surface area contributed by atoms with Crippen molar-refractivity contribution in [1.29, 1.82) is 0 Å². The number of carbonyl (C=O) groups is 1. The minimum absolute atomic E-state index is 0.172. The first-order valence-corrected chi connectivity index (χ1v) is 10.6. The summed E-state index contributed by atoms with van der Waals surface area (Å²) in [7, 11) is 0. The van der Waals surface area contributed by atoms with E-state index in [2.05, 4.69) is 26.5 Å². The number of thiazole rings is 1. The maximum atomic E-state index is 12.2. The number of hydrazone groups is 1. The smallest absolute Gasteiger partial charge is 0.309 e. The number of hydrogen-bond acceptors (Lipinski definition) is 5. The lowest BCUT2D eigenvalue weighted by molar-refractivity contribution is -0.123. The molecule has 0 aliphatic carbocycles. The number of carbonyl (C=O) groups excluding carboxylic acids is 1. The van der Waals surface area contributed by atoms with Gasteiger partial charge in [0.05, 0.1) is 17.6 Å². The molecule has 0 aliphatic heterocycles. The minimum Gasteiger partial charge on any atom is -0.484 e. The second-order valence-corrected chi connectivity index (χ2v) is 8.40. The van der Waals surface area contributed by atoms with Gasteiger partial charge in [-0.05, 0) is 36.8 Å². The molecule has 0 radical (unpaired) electrons. The van der Waals surface area contributed by atoms with Crippen LogP contribution in [0, 0.1) is 6.92 Å².